The van der Waals surface area contributed by atoms with E-state index in [1.807, 2.05) is 25.7 Å². The molecule has 1 fully saturated rings. The summed E-state index contributed by atoms with van der Waals surface area (Å²) in [7, 11) is 0. The third-order valence-electron chi connectivity index (χ3n) is 6.81. The number of H-pyrrole nitrogens is 1. The van der Waals surface area contributed by atoms with Gasteiger partial charge in [-0.05, 0) is 41.9 Å². The minimum Gasteiger partial charge on any atom is -0.350 e. The first-order valence-corrected chi connectivity index (χ1v) is 10.2. The number of hydrogen-bond donors (Lipinski definition) is 2. The van der Waals surface area contributed by atoms with Gasteiger partial charge in [0.2, 0.25) is 5.91 Å². The molecule has 0 radical (unpaired) electrons. The molecular weight excluding hydrogens is 369 g/mol. The Morgan fingerprint density at radius 3 is 2.45 bits per heavy atom. The lowest BCUT2D eigenvalue weighted by molar-refractivity contribution is -0.137. The van der Waals surface area contributed by atoms with Crippen LogP contribution < -0.4 is 5.32 Å². The zero-order valence-corrected chi connectivity index (χ0v) is 18.4. The van der Waals surface area contributed by atoms with Gasteiger partial charge >= 0.3 is 0 Å². The van der Waals surface area contributed by atoms with Crippen LogP contribution >= 0.6 is 0 Å². The highest BCUT2D eigenvalue weighted by Crippen LogP contribution is 2.41. The van der Waals surface area contributed by atoms with E-state index in [1.54, 1.807) is 12.1 Å². The highest BCUT2D eigenvalue weighted by Gasteiger charge is 2.48. The normalized spacial score (nSPS) is 22.7. The summed E-state index contributed by atoms with van der Waals surface area (Å²) in [6.07, 6.45) is 0. The van der Waals surface area contributed by atoms with Crippen molar-refractivity contribution >= 4 is 22.7 Å². The summed E-state index contributed by atoms with van der Waals surface area (Å²) >= 11 is 0. The van der Waals surface area contributed by atoms with E-state index >= 15 is 0 Å². The van der Waals surface area contributed by atoms with Gasteiger partial charge in [-0.15, -0.1) is 0 Å². The summed E-state index contributed by atoms with van der Waals surface area (Å²) in [4.78, 5) is 31.3. The molecule has 1 saturated heterocycles. The van der Waals surface area contributed by atoms with Crippen molar-refractivity contribution in [3.05, 3.63) is 35.8 Å². The fourth-order valence-electron chi connectivity index (χ4n) is 4.05. The monoisotopic (exact) mass is 401 g/mol. The largest absolute Gasteiger partial charge is 0.350 e. The second-order valence-corrected chi connectivity index (χ2v) is 10.0. The van der Waals surface area contributed by atoms with Crippen molar-refractivity contribution in [2.24, 2.45) is 16.7 Å². The number of rotatable bonds is 3. The highest BCUT2D eigenvalue weighted by atomic mass is 19.1. The second-order valence-electron chi connectivity index (χ2n) is 10.0. The van der Waals surface area contributed by atoms with Gasteiger partial charge in [0.05, 0.1) is 0 Å². The van der Waals surface area contributed by atoms with Crippen molar-refractivity contribution in [3.8, 4) is 0 Å². The Morgan fingerprint density at radius 1 is 1.28 bits per heavy atom. The van der Waals surface area contributed by atoms with Gasteiger partial charge in [-0.25, -0.2) is 4.39 Å². The van der Waals surface area contributed by atoms with Gasteiger partial charge in [0.25, 0.3) is 5.91 Å². The van der Waals surface area contributed by atoms with Crippen molar-refractivity contribution in [1.82, 2.24) is 15.2 Å². The van der Waals surface area contributed by atoms with Crippen molar-refractivity contribution in [1.29, 1.82) is 0 Å². The van der Waals surface area contributed by atoms with Crippen LogP contribution in [0.25, 0.3) is 10.9 Å². The number of aromatic amines is 1. The molecule has 2 aromatic rings. The smallest absolute Gasteiger partial charge is 0.268 e. The van der Waals surface area contributed by atoms with Crippen molar-refractivity contribution in [2.45, 2.75) is 60.5 Å². The lowest BCUT2D eigenvalue weighted by atomic mass is 9.78. The van der Waals surface area contributed by atoms with Gasteiger partial charge in [-0.1, -0.05) is 47.6 Å². The molecule has 0 spiro atoms. The fourth-order valence-corrected chi connectivity index (χ4v) is 4.05. The predicted molar refractivity (Wildman–Crippen MR) is 113 cm³/mol. The molecule has 0 unspecified atom stereocenters. The zero-order valence-electron chi connectivity index (χ0n) is 18.4. The fraction of sp³-hybridized carbons (Fsp3) is 0.565. The van der Waals surface area contributed by atoms with E-state index in [0.29, 0.717) is 23.4 Å². The third-order valence-corrected chi connectivity index (χ3v) is 6.81. The molecule has 29 heavy (non-hydrogen) atoms. The molecule has 0 aliphatic carbocycles. The molecular formula is C23H32FN3O2. The van der Waals surface area contributed by atoms with Gasteiger partial charge in [-0.3, -0.25) is 9.59 Å². The standard InChI is InChI=1S/C23H32FN3O2/c1-13-12-27(14(2)23(13,6)7)21(29)19(22(3,4)5)26-20(28)18-11-15-16(24)9-8-10-17(15)25-18/h8-11,13-14,19,25H,12H2,1-7H3,(H,26,28)/t13-,14-,19-/m1/s1. The molecule has 6 heteroatoms. The molecule has 0 bridgehead atoms. The van der Waals surface area contributed by atoms with E-state index in [9.17, 15) is 14.0 Å². The first-order chi connectivity index (χ1) is 13.3. The summed E-state index contributed by atoms with van der Waals surface area (Å²) < 4.78 is 14.0. The number of benzene rings is 1. The minimum absolute atomic E-state index is 0.0107. The molecule has 3 atom stereocenters. The molecule has 3 rings (SSSR count). The van der Waals surface area contributed by atoms with E-state index in [-0.39, 0.29) is 28.9 Å². The maximum Gasteiger partial charge on any atom is 0.268 e. The number of amides is 2. The lowest BCUT2D eigenvalue weighted by Gasteiger charge is -2.37. The van der Waals surface area contributed by atoms with Gasteiger partial charge in [0.1, 0.15) is 17.6 Å². The minimum atomic E-state index is -0.685. The number of likely N-dealkylation sites (tertiary alicyclic amines) is 1. The lowest BCUT2D eigenvalue weighted by Crippen LogP contribution is -2.56. The number of fused-ring (bicyclic) bond motifs is 1. The predicted octanol–water partition coefficient (Wildman–Crippen LogP) is 4.34. The van der Waals surface area contributed by atoms with Gasteiger partial charge in [-0.2, -0.15) is 0 Å². The first kappa shape index (κ1) is 21.3. The van der Waals surface area contributed by atoms with E-state index in [0.717, 1.165) is 0 Å². The summed E-state index contributed by atoms with van der Waals surface area (Å²) in [5.74, 6) is -0.496. The molecule has 1 aliphatic heterocycles. The topological polar surface area (TPSA) is 65.2 Å². The molecule has 2 heterocycles. The molecule has 2 amide bonds. The second kappa shape index (κ2) is 7.15. The van der Waals surface area contributed by atoms with E-state index in [2.05, 4.69) is 38.0 Å². The Morgan fingerprint density at radius 2 is 1.93 bits per heavy atom. The number of aromatic nitrogens is 1. The molecule has 1 aromatic heterocycles. The maximum absolute atomic E-state index is 14.0. The Kier molecular flexibility index (Phi) is 5.26. The van der Waals surface area contributed by atoms with E-state index < -0.39 is 17.4 Å². The van der Waals surface area contributed by atoms with Crippen LogP contribution in [0.4, 0.5) is 4.39 Å². The summed E-state index contributed by atoms with van der Waals surface area (Å²) in [6.45, 7) is 15.1. The van der Waals surface area contributed by atoms with E-state index in [1.165, 1.54) is 12.1 Å². The number of halogens is 1. The number of carbonyl (C=O) groups excluding carboxylic acids is 2. The van der Waals surface area contributed by atoms with Gasteiger partial charge in [0.15, 0.2) is 0 Å². The maximum atomic E-state index is 14.0. The zero-order chi connectivity index (χ0) is 21.7. The Balaban J connectivity index is 1.87. The number of nitrogens with zero attached hydrogens (tertiary/aromatic N) is 1. The molecule has 158 valence electrons. The third kappa shape index (κ3) is 3.77. The Hall–Kier alpha value is -2.37. The quantitative estimate of drug-likeness (QED) is 0.803. The van der Waals surface area contributed by atoms with Gasteiger partial charge < -0.3 is 15.2 Å². The average molecular weight is 402 g/mol. The van der Waals surface area contributed by atoms with Crippen LogP contribution in [0.3, 0.4) is 0 Å². The molecule has 0 saturated carbocycles. The van der Waals surface area contributed by atoms with Gasteiger partial charge in [0, 0.05) is 23.5 Å². The highest BCUT2D eigenvalue weighted by molar-refractivity contribution is 6.00. The van der Waals surface area contributed by atoms with E-state index in [4.69, 9.17) is 0 Å². The SMILES string of the molecule is C[C@@H]1CN(C(=O)[C@@H](NC(=O)c2cc3c(F)cccc3[nH]2)C(C)(C)C)[C@H](C)C1(C)C. The summed E-state index contributed by atoms with van der Waals surface area (Å²) in [5, 5.41) is 3.27. The Labute approximate surface area is 172 Å². The molecule has 1 aliphatic rings. The van der Waals surface area contributed by atoms with Crippen LogP contribution in [0, 0.1) is 22.6 Å². The summed E-state index contributed by atoms with van der Waals surface area (Å²) in [6, 6.07) is 5.56. The number of nitrogens with one attached hydrogen (secondary N) is 2. The van der Waals surface area contributed by atoms with Crippen LogP contribution in [0.2, 0.25) is 0 Å². The summed E-state index contributed by atoms with van der Waals surface area (Å²) in [5.41, 5.74) is 0.337. The first-order valence-electron chi connectivity index (χ1n) is 10.2. The molecule has 2 N–H and O–H groups in total. The van der Waals surface area contributed by atoms with Crippen molar-refractivity contribution in [3.63, 3.8) is 0 Å². The molecule has 1 aromatic carbocycles. The molecule has 5 nitrogen and oxygen atoms in total. The van der Waals surface area contributed by atoms with Crippen molar-refractivity contribution in [2.75, 3.05) is 6.54 Å². The average Bonchev–Trinajstić information content (AvgIpc) is 3.14. The van der Waals surface area contributed by atoms with Crippen LogP contribution in [0.15, 0.2) is 24.3 Å². The number of carbonyl (C=O) groups is 2. The number of hydrogen-bond acceptors (Lipinski definition) is 2. The Bertz CT molecular complexity index is 941. The van der Waals surface area contributed by atoms with Crippen LogP contribution in [-0.4, -0.2) is 40.3 Å². The van der Waals surface area contributed by atoms with Crippen molar-refractivity contribution < 1.29 is 14.0 Å². The van der Waals surface area contributed by atoms with Crippen LogP contribution in [0.5, 0.6) is 0 Å². The van der Waals surface area contributed by atoms with Crippen LogP contribution in [0.1, 0.15) is 59.0 Å². The van der Waals surface area contributed by atoms with Crippen LogP contribution in [-0.2, 0) is 4.79 Å².